The lowest BCUT2D eigenvalue weighted by Gasteiger charge is -2.27. The van der Waals surface area contributed by atoms with E-state index in [2.05, 4.69) is 31.9 Å². The molecule has 1 saturated heterocycles. The maximum atomic E-state index is 13.3. The highest BCUT2D eigenvalue weighted by molar-refractivity contribution is 9.11. The number of hydrogen-bond acceptors (Lipinski definition) is 7. The second-order valence-corrected chi connectivity index (χ2v) is 10.2. The highest BCUT2D eigenvalue weighted by Crippen LogP contribution is 2.36. The number of halogens is 5. The van der Waals surface area contributed by atoms with E-state index >= 15 is 0 Å². The van der Waals surface area contributed by atoms with Gasteiger partial charge in [0.25, 0.3) is 17.5 Å². The summed E-state index contributed by atoms with van der Waals surface area (Å²) in [7, 11) is 0. The standard InChI is InChI=1S/C27H14Br2F3N3O7/c28-17-10-15(23(21(29)13-17)42-22(36)8-7-14-3-1-6-19(9-14)35(40)41)11-20-24(37)33-26(39)34(25(20)38)18-5-2-4-16(12-18)27(30,31)32/h1-13H,(H,33,37,39)/b8-7+,20-11-. The number of imide groups is 2. The molecule has 214 valence electrons. The number of nitrogens with one attached hydrogen (secondary N) is 1. The second-order valence-electron chi connectivity index (χ2n) is 8.42. The summed E-state index contributed by atoms with van der Waals surface area (Å²) < 4.78 is 45.7. The number of nitro benzene ring substituents is 1. The van der Waals surface area contributed by atoms with E-state index in [1.54, 1.807) is 0 Å². The summed E-state index contributed by atoms with van der Waals surface area (Å²) >= 11 is 6.48. The Hall–Kier alpha value is -4.63. The van der Waals surface area contributed by atoms with Gasteiger partial charge in [0.15, 0.2) is 5.75 Å². The van der Waals surface area contributed by atoms with Crippen LogP contribution in [0.25, 0.3) is 12.2 Å². The van der Waals surface area contributed by atoms with Gasteiger partial charge in [-0.1, -0.05) is 34.1 Å². The average molecular weight is 709 g/mol. The van der Waals surface area contributed by atoms with E-state index in [1.165, 1.54) is 42.5 Å². The zero-order valence-electron chi connectivity index (χ0n) is 20.6. The van der Waals surface area contributed by atoms with Crippen molar-refractivity contribution in [3.63, 3.8) is 0 Å². The first-order valence-corrected chi connectivity index (χ1v) is 13.1. The Kier molecular flexibility index (Phi) is 8.72. The van der Waals surface area contributed by atoms with E-state index in [-0.39, 0.29) is 21.5 Å². The van der Waals surface area contributed by atoms with Crippen LogP contribution in [0.5, 0.6) is 5.75 Å². The van der Waals surface area contributed by atoms with Crippen LogP contribution < -0.4 is 15.0 Å². The summed E-state index contributed by atoms with van der Waals surface area (Å²) in [5, 5.41) is 12.9. The van der Waals surface area contributed by atoms with E-state index in [0.717, 1.165) is 30.4 Å². The Morgan fingerprint density at radius 3 is 2.43 bits per heavy atom. The molecule has 1 aliphatic rings. The number of nitro groups is 1. The molecule has 0 aliphatic carbocycles. The summed E-state index contributed by atoms with van der Waals surface area (Å²) in [4.78, 5) is 61.7. The van der Waals surface area contributed by atoms with Crippen molar-refractivity contribution in [2.45, 2.75) is 6.18 Å². The normalized spacial score (nSPS) is 14.8. The summed E-state index contributed by atoms with van der Waals surface area (Å²) in [5.41, 5.74) is -2.04. The molecular formula is C27H14Br2F3N3O7. The number of carbonyl (C=O) groups excluding carboxylic acids is 4. The molecule has 1 N–H and O–H groups in total. The van der Waals surface area contributed by atoms with Gasteiger partial charge in [0.05, 0.1) is 20.6 Å². The minimum absolute atomic E-state index is 0.00481. The van der Waals surface area contributed by atoms with Crippen molar-refractivity contribution >= 4 is 79.2 Å². The number of rotatable bonds is 6. The number of anilines is 1. The number of barbiturate groups is 1. The predicted octanol–water partition coefficient (Wildman–Crippen LogP) is 6.42. The Morgan fingerprint density at radius 1 is 1.02 bits per heavy atom. The lowest BCUT2D eigenvalue weighted by molar-refractivity contribution is -0.384. The highest BCUT2D eigenvalue weighted by atomic mass is 79.9. The van der Waals surface area contributed by atoms with Crippen LogP contribution in [-0.4, -0.2) is 28.7 Å². The van der Waals surface area contributed by atoms with Gasteiger partial charge in [-0.2, -0.15) is 13.2 Å². The monoisotopic (exact) mass is 707 g/mol. The molecule has 0 saturated carbocycles. The van der Waals surface area contributed by atoms with Crippen LogP contribution in [0.15, 0.2) is 81.3 Å². The number of esters is 1. The Morgan fingerprint density at radius 2 is 1.74 bits per heavy atom. The van der Waals surface area contributed by atoms with E-state index in [4.69, 9.17) is 4.74 Å². The van der Waals surface area contributed by atoms with Gasteiger partial charge in [0.1, 0.15) is 5.57 Å². The smallest absolute Gasteiger partial charge is 0.416 e. The molecule has 3 aromatic rings. The van der Waals surface area contributed by atoms with Gasteiger partial charge in [0, 0.05) is 28.2 Å². The van der Waals surface area contributed by atoms with Gasteiger partial charge in [0.2, 0.25) is 0 Å². The minimum atomic E-state index is -4.76. The highest BCUT2D eigenvalue weighted by Gasteiger charge is 2.38. The van der Waals surface area contributed by atoms with Crippen LogP contribution >= 0.6 is 31.9 Å². The molecule has 42 heavy (non-hydrogen) atoms. The predicted molar refractivity (Wildman–Crippen MR) is 150 cm³/mol. The molecule has 0 aromatic heterocycles. The number of non-ortho nitro benzene ring substituents is 1. The van der Waals surface area contributed by atoms with Gasteiger partial charge in [-0.25, -0.2) is 14.5 Å². The van der Waals surface area contributed by atoms with E-state index in [1.807, 2.05) is 5.32 Å². The molecule has 15 heteroatoms. The number of carbonyl (C=O) groups is 4. The van der Waals surface area contributed by atoms with Crippen molar-refractivity contribution < 1.29 is 42.0 Å². The number of nitrogens with zero attached hydrogens (tertiary/aromatic N) is 2. The summed E-state index contributed by atoms with van der Waals surface area (Å²) in [6.45, 7) is 0. The fraction of sp³-hybridized carbons (Fsp3) is 0.0370. The van der Waals surface area contributed by atoms with Crippen LogP contribution in [0.1, 0.15) is 16.7 Å². The van der Waals surface area contributed by atoms with Crippen molar-refractivity contribution in [3.05, 3.63) is 108 Å². The number of alkyl halides is 3. The first kappa shape index (κ1) is 30.3. The summed E-state index contributed by atoms with van der Waals surface area (Å²) in [5.74, 6) is -3.43. The van der Waals surface area contributed by atoms with E-state index < -0.39 is 51.7 Å². The third kappa shape index (κ3) is 6.80. The maximum Gasteiger partial charge on any atom is 0.416 e. The Labute approximate surface area is 250 Å². The second kappa shape index (κ2) is 12.1. The van der Waals surface area contributed by atoms with Crippen LogP contribution in [0.2, 0.25) is 0 Å². The van der Waals surface area contributed by atoms with Crippen LogP contribution in [-0.2, 0) is 20.6 Å². The number of ether oxygens (including phenoxy) is 1. The molecule has 3 aromatic carbocycles. The third-order valence-corrected chi connectivity index (χ3v) is 6.61. The van der Waals surface area contributed by atoms with Gasteiger partial charge < -0.3 is 4.74 Å². The molecule has 1 aliphatic heterocycles. The first-order chi connectivity index (χ1) is 19.7. The fourth-order valence-corrected chi connectivity index (χ4v) is 5.04. The Bertz CT molecular complexity index is 1720. The molecule has 1 heterocycles. The molecule has 0 atom stereocenters. The van der Waals surface area contributed by atoms with Gasteiger partial charge in [-0.3, -0.25) is 25.0 Å². The molecule has 10 nitrogen and oxygen atoms in total. The first-order valence-electron chi connectivity index (χ1n) is 11.5. The Balaban J connectivity index is 1.68. The van der Waals surface area contributed by atoms with Crippen molar-refractivity contribution in [3.8, 4) is 5.75 Å². The fourth-order valence-electron chi connectivity index (χ4n) is 3.70. The van der Waals surface area contributed by atoms with Crippen molar-refractivity contribution in [2.24, 2.45) is 0 Å². The third-order valence-electron chi connectivity index (χ3n) is 5.57. The molecule has 4 rings (SSSR count). The van der Waals surface area contributed by atoms with Crippen LogP contribution in [0.4, 0.5) is 29.3 Å². The topological polar surface area (TPSA) is 136 Å². The van der Waals surface area contributed by atoms with Crippen molar-refractivity contribution in [2.75, 3.05) is 4.90 Å². The van der Waals surface area contributed by atoms with Gasteiger partial charge in [-0.15, -0.1) is 0 Å². The number of urea groups is 1. The van der Waals surface area contributed by atoms with Crippen LogP contribution in [0, 0.1) is 10.1 Å². The van der Waals surface area contributed by atoms with Gasteiger partial charge in [-0.05, 0) is 64.0 Å². The number of amides is 4. The summed E-state index contributed by atoms with van der Waals surface area (Å²) in [6, 6.07) is 10.5. The number of benzene rings is 3. The number of hydrogen-bond donors (Lipinski definition) is 1. The molecule has 0 radical (unpaired) electrons. The lowest BCUT2D eigenvalue weighted by Crippen LogP contribution is -2.54. The maximum absolute atomic E-state index is 13.3. The van der Waals surface area contributed by atoms with Crippen molar-refractivity contribution in [1.29, 1.82) is 0 Å². The molecule has 1 fully saturated rings. The van der Waals surface area contributed by atoms with E-state index in [0.29, 0.717) is 21.0 Å². The molecular weight excluding hydrogens is 695 g/mol. The zero-order valence-corrected chi connectivity index (χ0v) is 23.8. The summed E-state index contributed by atoms with van der Waals surface area (Å²) in [6.07, 6.45) is -1.48. The molecule has 0 unspecified atom stereocenters. The molecule has 4 amide bonds. The quantitative estimate of drug-likeness (QED) is 0.0779. The van der Waals surface area contributed by atoms with E-state index in [9.17, 15) is 42.5 Å². The van der Waals surface area contributed by atoms with Crippen LogP contribution in [0.3, 0.4) is 0 Å². The molecule has 0 bridgehead atoms. The SMILES string of the molecule is O=C(/C=C/c1cccc([N+](=O)[O-])c1)Oc1c(Br)cc(Br)cc1/C=C1/C(=O)NC(=O)N(c2cccc(C(F)(F)F)c2)C1=O. The largest absolute Gasteiger partial charge is 0.422 e. The lowest BCUT2D eigenvalue weighted by atomic mass is 10.1. The molecule has 0 spiro atoms. The van der Waals surface area contributed by atoms with Crippen molar-refractivity contribution in [1.82, 2.24) is 5.32 Å². The zero-order chi connectivity index (χ0) is 30.8. The average Bonchev–Trinajstić information content (AvgIpc) is 2.91. The van der Waals surface area contributed by atoms with Gasteiger partial charge >= 0.3 is 18.2 Å². The minimum Gasteiger partial charge on any atom is -0.422 e.